The molecule has 2 aromatic rings. The van der Waals surface area contributed by atoms with E-state index in [-0.39, 0.29) is 17.4 Å². The van der Waals surface area contributed by atoms with Crippen LogP contribution in [0.5, 0.6) is 5.75 Å². The number of carboxylic acid groups (broad SMARTS) is 1. The van der Waals surface area contributed by atoms with Crippen LogP contribution in [0.2, 0.25) is 0 Å². The molecule has 5 heteroatoms. The van der Waals surface area contributed by atoms with E-state index in [1.165, 1.54) is 6.07 Å². The third-order valence-electron chi connectivity index (χ3n) is 4.88. The van der Waals surface area contributed by atoms with Crippen molar-refractivity contribution in [1.82, 2.24) is 0 Å². The van der Waals surface area contributed by atoms with Crippen molar-refractivity contribution in [2.24, 2.45) is 0 Å². The highest BCUT2D eigenvalue weighted by molar-refractivity contribution is 6.10. The van der Waals surface area contributed by atoms with E-state index in [2.05, 4.69) is 5.32 Å². The average molecular weight is 309 g/mol. The number of hydrogen-bond acceptors (Lipinski definition) is 3. The number of nitrogens with one attached hydrogen (secondary N) is 1. The number of ether oxygens (including phenoxy) is 1. The van der Waals surface area contributed by atoms with Crippen molar-refractivity contribution in [1.29, 1.82) is 0 Å². The van der Waals surface area contributed by atoms with Gasteiger partial charge in [-0.05, 0) is 41.8 Å². The molecule has 1 fully saturated rings. The summed E-state index contributed by atoms with van der Waals surface area (Å²) in [5.74, 6) is -0.295. The third kappa shape index (κ3) is 1.79. The Balaban J connectivity index is 1.81. The molecule has 1 aliphatic heterocycles. The largest absolute Gasteiger partial charge is 0.496 e. The van der Waals surface area contributed by atoms with Gasteiger partial charge < -0.3 is 15.2 Å². The molecule has 2 N–H and O–H groups in total. The molecule has 2 aromatic carbocycles. The Morgan fingerprint density at radius 3 is 2.83 bits per heavy atom. The quantitative estimate of drug-likeness (QED) is 0.914. The van der Waals surface area contributed by atoms with E-state index in [0.717, 1.165) is 16.9 Å². The summed E-state index contributed by atoms with van der Waals surface area (Å²) in [4.78, 5) is 23.8. The number of anilines is 1. The number of carbonyl (C=O) groups is 2. The average Bonchev–Trinajstić information content (AvgIpc) is 3.24. The Hall–Kier alpha value is -2.82. The number of para-hydroxylation sites is 1. The predicted octanol–water partition coefficient (Wildman–Crippen LogP) is 2.77. The number of carboxylic acids is 1. The molecule has 116 valence electrons. The Kier molecular flexibility index (Phi) is 2.75. The van der Waals surface area contributed by atoms with Crippen LogP contribution in [-0.2, 0) is 10.2 Å². The van der Waals surface area contributed by atoms with Gasteiger partial charge >= 0.3 is 5.97 Å². The number of carbonyl (C=O) groups excluding carboxylic acids is 1. The van der Waals surface area contributed by atoms with Gasteiger partial charge in [0.25, 0.3) is 0 Å². The van der Waals surface area contributed by atoms with E-state index in [0.29, 0.717) is 12.1 Å². The van der Waals surface area contributed by atoms with Gasteiger partial charge in [0.15, 0.2) is 0 Å². The second-order valence-electron chi connectivity index (χ2n) is 5.99. The maximum atomic E-state index is 12.6. The SMILES string of the molecule is COc1ccccc1[C@@H]1C[C@@]12C(=O)Nc1ccc(C(=O)O)cc12. The third-order valence-corrected chi connectivity index (χ3v) is 4.88. The van der Waals surface area contributed by atoms with Gasteiger partial charge in [-0.1, -0.05) is 18.2 Å². The molecule has 1 spiro atoms. The number of benzene rings is 2. The van der Waals surface area contributed by atoms with Gasteiger partial charge in [0.1, 0.15) is 5.75 Å². The summed E-state index contributed by atoms with van der Waals surface area (Å²) in [6, 6.07) is 12.5. The number of aromatic carboxylic acids is 1. The zero-order valence-corrected chi connectivity index (χ0v) is 12.5. The predicted molar refractivity (Wildman–Crippen MR) is 84.1 cm³/mol. The molecule has 2 atom stereocenters. The van der Waals surface area contributed by atoms with Crippen molar-refractivity contribution in [3.63, 3.8) is 0 Å². The maximum Gasteiger partial charge on any atom is 0.335 e. The lowest BCUT2D eigenvalue weighted by Gasteiger charge is -2.12. The number of methoxy groups -OCH3 is 1. The first-order valence-electron chi connectivity index (χ1n) is 7.40. The van der Waals surface area contributed by atoms with Gasteiger partial charge in [0, 0.05) is 11.6 Å². The lowest BCUT2D eigenvalue weighted by molar-refractivity contribution is -0.118. The first-order chi connectivity index (χ1) is 11.1. The molecule has 23 heavy (non-hydrogen) atoms. The van der Waals surface area contributed by atoms with E-state index in [1.54, 1.807) is 19.2 Å². The van der Waals surface area contributed by atoms with Gasteiger partial charge in [0.05, 0.1) is 18.1 Å². The molecule has 0 radical (unpaired) electrons. The molecule has 2 aliphatic rings. The van der Waals surface area contributed by atoms with Crippen LogP contribution in [0.15, 0.2) is 42.5 Å². The van der Waals surface area contributed by atoms with Gasteiger partial charge in [-0.3, -0.25) is 4.79 Å². The van der Waals surface area contributed by atoms with Gasteiger partial charge in [-0.15, -0.1) is 0 Å². The standard InChI is InChI=1S/C18H15NO4/c1-23-15-5-3-2-4-11(15)13-9-18(13)12-8-10(16(20)21)6-7-14(12)19-17(18)22/h2-8,13H,9H2,1H3,(H,19,22)(H,20,21)/t13-,18-/m0/s1. The highest BCUT2D eigenvalue weighted by Gasteiger charge is 2.65. The van der Waals surface area contributed by atoms with Crippen LogP contribution in [0.25, 0.3) is 0 Å². The van der Waals surface area contributed by atoms with Gasteiger partial charge in [-0.2, -0.15) is 0 Å². The van der Waals surface area contributed by atoms with Crippen LogP contribution in [-0.4, -0.2) is 24.1 Å². The fourth-order valence-electron chi connectivity index (χ4n) is 3.65. The Morgan fingerprint density at radius 1 is 1.30 bits per heavy atom. The second-order valence-corrected chi connectivity index (χ2v) is 5.99. The van der Waals surface area contributed by atoms with Crippen LogP contribution < -0.4 is 10.1 Å². The second kappa shape index (κ2) is 4.59. The van der Waals surface area contributed by atoms with Crippen molar-refractivity contribution >= 4 is 17.6 Å². The van der Waals surface area contributed by atoms with Gasteiger partial charge in [0.2, 0.25) is 5.91 Å². The maximum absolute atomic E-state index is 12.6. The topological polar surface area (TPSA) is 75.6 Å². The minimum absolute atomic E-state index is 0.00365. The van der Waals surface area contributed by atoms with Crippen LogP contribution >= 0.6 is 0 Å². The summed E-state index contributed by atoms with van der Waals surface area (Å²) in [5, 5.41) is 12.1. The lowest BCUT2D eigenvalue weighted by Crippen LogP contribution is -2.21. The van der Waals surface area contributed by atoms with Crippen LogP contribution in [0, 0.1) is 0 Å². The van der Waals surface area contributed by atoms with Crippen molar-refractivity contribution in [3.8, 4) is 5.75 Å². The molecule has 0 unspecified atom stereocenters. The van der Waals surface area contributed by atoms with Gasteiger partial charge in [-0.25, -0.2) is 4.79 Å². The monoisotopic (exact) mass is 309 g/mol. The van der Waals surface area contributed by atoms with E-state index in [1.807, 2.05) is 24.3 Å². The molecular weight excluding hydrogens is 294 g/mol. The van der Waals surface area contributed by atoms with E-state index in [4.69, 9.17) is 4.74 Å². The Morgan fingerprint density at radius 2 is 2.09 bits per heavy atom. The fourth-order valence-corrected chi connectivity index (χ4v) is 3.65. The zero-order valence-electron chi connectivity index (χ0n) is 12.5. The molecule has 1 saturated carbocycles. The molecule has 1 aliphatic carbocycles. The number of fused-ring (bicyclic) bond motifs is 2. The summed E-state index contributed by atoms with van der Waals surface area (Å²) < 4.78 is 5.41. The highest BCUT2D eigenvalue weighted by atomic mass is 16.5. The van der Waals surface area contributed by atoms with E-state index < -0.39 is 11.4 Å². The molecule has 0 aromatic heterocycles. The molecule has 5 nitrogen and oxygen atoms in total. The summed E-state index contributed by atoms with van der Waals surface area (Å²) in [5.41, 5.74) is 2.00. The lowest BCUT2D eigenvalue weighted by atomic mass is 9.90. The summed E-state index contributed by atoms with van der Waals surface area (Å²) >= 11 is 0. The molecule has 1 heterocycles. The number of hydrogen-bond donors (Lipinski definition) is 2. The fraction of sp³-hybridized carbons (Fsp3) is 0.222. The summed E-state index contributed by atoms with van der Waals surface area (Å²) in [6.45, 7) is 0. The normalized spacial score (nSPS) is 24.2. The first-order valence-corrected chi connectivity index (χ1v) is 7.40. The molecule has 0 bridgehead atoms. The Labute approximate surface area is 132 Å². The van der Waals surface area contributed by atoms with Crippen molar-refractivity contribution < 1.29 is 19.4 Å². The molecule has 4 rings (SSSR count). The zero-order chi connectivity index (χ0) is 16.2. The van der Waals surface area contributed by atoms with E-state index >= 15 is 0 Å². The number of rotatable bonds is 3. The summed E-state index contributed by atoms with van der Waals surface area (Å²) in [7, 11) is 1.61. The smallest absolute Gasteiger partial charge is 0.335 e. The molecular formula is C18H15NO4. The first kappa shape index (κ1) is 13.8. The minimum Gasteiger partial charge on any atom is -0.496 e. The van der Waals surface area contributed by atoms with Crippen LogP contribution in [0.3, 0.4) is 0 Å². The van der Waals surface area contributed by atoms with Crippen LogP contribution in [0.4, 0.5) is 5.69 Å². The summed E-state index contributed by atoms with van der Waals surface area (Å²) in [6.07, 6.45) is 0.662. The van der Waals surface area contributed by atoms with Crippen molar-refractivity contribution in [2.45, 2.75) is 17.8 Å². The van der Waals surface area contributed by atoms with Crippen molar-refractivity contribution in [2.75, 3.05) is 12.4 Å². The Bertz CT molecular complexity index is 845. The van der Waals surface area contributed by atoms with E-state index in [9.17, 15) is 14.7 Å². The molecule has 1 amide bonds. The molecule has 0 saturated heterocycles. The van der Waals surface area contributed by atoms with Crippen molar-refractivity contribution in [3.05, 3.63) is 59.2 Å². The highest BCUT2D eigenvalue weighted by Crippen LogP contribution is 2.66. The number of amides is 1. The van der Waals surface area contributed by atoms with Crippen LogP contribution in [0.1, 0.15) is 33.8 Å². The minimum atomic E-state index is -0.989.